The van der Waals surface area contributed by atoms with E-state index in [0.717, 1.165) is 37.1 Å². The molecule has 9 heteroatoms. The topological polar surface area (TPSA) is 79.0 Å². The van der Waals surface area contributed by atoms with Gasteiger partial charge in [0.25, 0.3) is 0 Å². The van der Waals surface area contributed by atoms with Gasteiger partial charge >= 0.3 is 10.2 Å². The van der Waals surface area contributed by atoms with Crippen LogP contribution in [0.1, 0.15) is 49.4 Å². The summed E-state index contributed by atoms with van der Waals surface area (Å²) in [6, 6.07) is 8.99. The smallest absolute Gasteiger partial charge is 0.304 e. The summed E-state index contributed by atoms with van der Waals surface area (Å²) in [5.74, 6) is -0.282. The molecule has 0 heterocycles. The van der Waals surface area contributed by atoms with Crippen LogP contribution >= 0.6 is 0 Å². The van der Waals surface area contributed by atoms with Crippen molar-refractivity contribution < 1.29 is 22.3 Å². The standard InChI is InChI=1S/C23H32FN3O4S/c1-15(2)18-13-19(16(3)12-22(18)31-7)17(4)25-23(28)14-27(32(29,30)26(5)6)21-11-9-8-10-20(21)24/h8-13,15,17H,14H2,1-7H3,(H,25,28)/t17-/m0/s1. The van der Waals surface area contributed by atoms with Crippen LogP contribution in [0.2, 0.25) is 0 Å². The van der Waals surface area contributed by atoms with E-state index in [-0.39, 0.29) is 11.6 Å². The molecule has 32 heavy (non-hydrogen) atoms. The van der Waals surface area contributed by atoms with Crippen LogP contribution in [0.15, 0.2) is 36.4 Å². The van der Waals surface area contributed by atoms with Crippen molar-refractivity contribution in [3.05, 3.63) is 58.9 Å². The molecule has 0 aliphatic carbocycles. The van der Waals surface area contributed by atoms with E-state index < -0.39 is 34.5 Å². The number of hydrogen-bond donors (Lipinski definition) is 1. The summed E-state index contributed by atoms with van der Waals surface area (Å²) in [5.41, 5.74) is 2.66. The fraction of sp³-hybridized carbons (Fsp3) is 0.435. The SMILES string of the molecule is COc1cc(C)c([C@H](C)NC(=O)CN(c2ccccc2F)S(=O)(=O)N(C)C)cc1C(C)C. The molecule has 2 rings (SSSR count). The summed E-state index contributed by atoms with van der Waals surface area (Å²) in [6.07, 6.45) is 0. The Hall–Kier alpha value is -2.65. The molecule has 0 aromatic heterocycles. The van der Waals surface area contributed by atoms with Gasteiger partial charge in [-0.25, -0.2) is 8.70 Å². The Morgan fingerprint density at radius 3 is 2.28 bits per heavy atom. The average molecular weight is 466 g/mol. The largest absolute Gasteiger partial charge is 0.496 e. The molecule has 0 fully saturated rings. The minimum absolute atomic E-state index is 0.188. The van der Waals surface area contributed by atoms with Gasteiger partial charge in [-0.1, -0.05) is 26.0 Å². The first-order valence-corrected chi connectivity index (χ1v) is 11.7. The minimum atomic E-state index is -4.10. The fourth-order valence-electron chi connectivity index (χ4n) is 3.45. The van der Waals surface area contributed by atoms with E-state index in [9.17, 15) is 17.6 Å². The van der Waals surface area contributed by atoms with Gasteiger partial charge in [0.2, 0.25) is 5.91 Å². The predicted molar refractivity (Wildman–Crippen MR) is 125 cm³/mol. The van der Waals surface area contributed by atoms with Crippen LogP contribution in [0.4, 0.5) is 10.1 Å². The molecule has 2 aromatic rings. The molecule has 0 saturated carbocycles. The lowest BCUT2D eigenvalue weighted by atomic mass is 9.93. The quantitative estimate of drug-likeness (QED) is 0.612. The highest BCUT2D eigenvalue weighted by Crippen LogP contribution is 2.32. The van der Waals surface area contributed by atoms with Crippen molar-refractivity contribution in [3.63, 3.8) is 0 Å². The normalized spacial score (nSPS) is 12.7. The third-order valence-electron chi connectivity index (χ3n) is 5.23. The van der Waals surface area contributed by atoms with E-state index in [1.807, 2.05) is 26.0 Å². The Balaban J connectivity index is 2.33. The number of carbonyl (C=O) groups excluding carboxylic acids is 1. The zero-order chi connectivity index (χ0) is 24.2. The van der Waals surface area contributed by atoms with Gasteiger partial charge in [0.05, 0.1) is 18.8 Å². The van der Waals surface area contributed by atoms with E-state index in [1.54, 1.807) is 7.11 Å². The van der Waals surface area contributed by atoms with Crippen LogP contribution in [0.3, 0.4) is 0 Å². The van der Waals surface area contributed by atoms with Gasteiger partial charge in [0, 0.05) is 14.1 Å². The van der Waals surface area contributed by atoms with Crippen molar-refractivity contribution >= 4 is 21.8 Å². The molecule has 176 valence electrons. The maximum absolute atomic E-state index is 14.4. The fourth-order valence-corrected chi connectivity index (χ4v) is 4.52. The molecule has 7 nitrogen and oxygen atoms in total. The first-order chi connectivity index (χ1) is 14.9. The van der Waals surface area contributed by atoms with Gasteiger partial charge in [-0.15, -0.1) is 0 Å². The van der Waals surface area contributed by atoms with E-state index >= 15 is 0 Å². The van der Waals surface area contributed by atoms with Crippen molar-refractivity contribution in [3.8, 4) is 5.75 Å². The molecule has 0 unspecified atom stereocenters. The summed E-state index contributed by atoms with van der Waals surface area (Å²) in [6.45, 7) is 7.30. The second kappa shape index (κ2) is 10.3. The van der Waals surface area contributed by atoms with Crippen molar-refractivity contribution in [1.82, 2.24) is 9.62 Å². The third kappa shape index (κ3) is 5.58. The van der Waals surface area contributed by atoms with Crippen LogP contribution in [-0.4, -0.2) is 46.4 Å². The van der Waals surface area contributed by atoms with Crippen LogP contribution in [0.5, 0.6) is 5.75 Å². The number of methoxy groups -OCH3 is 1. The van der Waals surface area contributed by atoms with Gasteiger partial charge in [-0.3, -0.25) is 4.79 Å². The number of nitrogens with one attached hydrogen (secondary N) is 1. The molecular weight excluding hydrogens is 433 g/mol. The van der Waals surface area contributed by atoms with Crippen LogP contribution in [-0.2, 0) is 15.0 Å². The molecule has 0 spiro atoms. The summed E-state index contributed by atoms with van der Waals surface area (Å²) >= 11 is 0. The Bertz CT molecular complexity index is 1070. The average Bonchev–Trinajstić information content (AvgIpc) is 2.71. The number of para-hydroxylation sites is 1. The number of rotatable bonds is 9. The number of hydrogen-bond acceptors (Lipinski definition) is 4. The van der Waals surface area contributed by atoms with E-state index in [0.29, 0.717) is 0 Å². The highest BCUT2D eigenvalue weighted by molar-refractivity contribution is 7.90. The number of anilines is 1. The number of amides is 1. The molecule has 0 bridgehead atoms. The predicted octanol–water partition coefficient (Wildman–Crippen LogP) is 3.76. The summed E-state index contributed by atoms with van der Waals surface area (Å²) in [5, 5.41) is 2.84. The molecule has 0 aliphatic rings. The molecule has 0 saturated heterocycles. The van der Waals surface area contributed by atoms with Crippen molar-refractivity contribution in [2.24, 2.45) is 0 Å². The Kier molecular flexibility index (Phi) is 8.25. The number of ether oxygens (including phenoxy) is 1. The summed E-state index contributed by atoms with van der Waals surface area (Å²) in [4.78, 5) is 12.9. The van der Waals surface area contributed by atoms with Gasteiger partial charge in [-0.05, 0) is 60.7 Å². The first kappa shape index (κ1) is 25.6. The number of benzene rings is 2. The zero-order valence-corrected chi connectivity index (χ0v) is 20.5. The minimum Gasteiger partial charge on any atom is -0.496 e. The second-order valence-electron chi connectivity index (χ2n) is 8.14. The van der Waals surface area contributed by atoms with E-state index in [2.05, 4.69) is 19.2 Å². The third-order valence-corrected chi connectivity index (χ3v) is 7.04. The molecule has 1 atom stereocenters. The molecule has 1 amide bonds. The lowest BCUT2D eigenvalue weighted by Crippen LogP contribution is -2.46. The van der Waals surface area contributed by atoms with E-state index in [1.165, 1.54) is 32.3 Å². The Morgan fingerprint density at radius 1 is 1.12 bits per heavy atom. The second-order valence-corrected chi connectivity index (χ2v) is 10.2. The maximum atomic E-state index is 14.4. The number of halogens is 1. The molecule has 2 aromatic carbocycles. The monoisotopic (exact) mass is 465 g/mol. The lowest BCUT2D eigenvalue weighted by molar-refractivity contribution is -0.120. The lowest BCUT2D eigenvalue weighted by Gasteiger charge is -2.28. The van der Waals surface area contributed by atoms with Crippen molar-refractivity contribution in [2.45, 2.75) is 39.7 Å². The highest BCUT2D eigenvalue weighted by Gasteiger charge is 2.29. The van der Waals surface area contributed by atoms with Crippen LogP contribution in [0, 0.1) is 12.7 Å². The molecular formula is C23H32FN3O4S. The summed E-state index contributed by atoms with van der Waals surface area (Å²) < 4.78 is 47.2. The van der Waals surface area contributed by atoms with Crippen LogP contribution in [0.25, 0.3) is 0 Å². The maximum Gasteiger partial charge on any atom is 0.304 e. The molecule has 0 aliphatic heterocycles. The van der Waals surface area contributed by atoms with E-state index in [4.69, 9.17) is 4.74 Å². The molecule has 0 radical (unpaired) electrons. The van der Waals surface area contributed by atoms with Gasteiger partial charge in [0.1, 0.15) is 18.1 Å². The van der Waals surface area contributed by atoms with Gasteiger partial charge in [-0.2, -0.15) is 12.7 Å². The molecule has 1 N–H and O–H groups in total. The number of carbonyl (C=O) groups is 1. The Morgan fingerprint density at radius 2 is 1.75 bits per heavy atom. The Labute approximate surface area is 190 Å². The zero-order valence-electron chi connectivity index (χ0n) is 19.6. The number of aryl methyl sites for hydroxylation is 1. The van der Waals surface area contributed by atoms with Crippen molar-refractivity contribution in [1.29, 1.82) is 0 Å². The first-order valence-electron chi connectivity index (χ1n) is 10.3. The van der Waals surface area contributed by atoms with Gasteiger partial charge < -0.3 is 10.1 Å². The van der Waals surface area contributed by atoms with Gasteiger partial charge in [0.15, 0.2) is 0 Å². The number of nitrogens with zero attached hydrogens (tertiary/aromatic N) is 2. The summed E-state index contributed by atoms with van der Waals surface area (Å²) in [7, 11) is 0.186. The van der Waals surface area contributed by atoms with Crippen LogP contribution < -0.4 is 14.4 Å². The van der Waals surface area contributed by atoms with Crippen molar-refractivity contribution in [2.75, 3.05) is 32.1 Å². The highest BCUT2D eigenvalue weighted by atomic mass is 32.2.